The van der Waals surface area contributed by atoms with E-state index >= 15 is 0 Å². The van der Waals surface area contributed by atoms with E-state index in [0.717, 1.165) is 6.54 Å². The van der Waals surface area contributed by atoms with Crippen LogP contribution in [0.1, 0.15) is 43.6 Å². The van der Waals surface area contributed by atoms with Gasteiger partial charge in [-0.2, -0.15) is 0 Å². The van der Waals surface area contributed by atoms with Gasteiger partial charge >= 0.3 is 5.69 Å². The maximum atomic E-state index is 13.2. The van der Waals surface area contributed by atoms with Crippen LogP contribution in [0.25, 0.3) is 0 Å². The highest BCUT2D eigenvalue weighted by molar-refractivity contribution is 5.94. The van der Waals surface area contributed by atoms with Gasteiger partial charge < -0.3 is 9.47 Å². The highest BCUT2D eigenvalue weighted by Crippen LogP contribution is 2.32. The van der Waals surface area contributed by atoms with Crippen LogP contribution in [0.5, 0.6) is 0 Å². The van der Waals surface area contributed by atoms with Crippen molar-refractivity contribution in [2.75, 3.05) is 13.1 Å². The fourth-order valence-corrected chi connectivity index (χ4v) is 3.75. The van der Waals surface area contributed by atoms with Crippen molar-refractivity contribution >= 4 is 5.91 Å². The molecule has 0 atom stereocenters. The van der Waals surface area contributed by atoms with Crippen molar-refractivity contribution < 1.29 is 4.79 Å². The van der Waals surface area contributed by atoms with Gasteiger partial charge in [0, 0.05) is 38.4 Å². The summed E-state index contributed by atoms with van der Waals surface area (Å²) in [6.07, 6.45) is 1.32. The molecule has 0 aliphatic carbocycles. The van der Waals surface area contributed by atoms with Crippen LogP contribution in [0.15, 0.2) is 46.1 Å². The van der Waals surface area contributed by atoms with Gasteiger partial charge in [-0.05, 0) is 33.3 Å². The molecule has 1 aliphatic heterocycles. The first-order valence-corrected chi connectivity index (χ1v) is 9.42. The normalized spacial score (nSPS) is 18.8. The van der Waals surface area contributed by atoms with Crippen molar-refractivity contribution in [3.8, 4) is 0 Å². The number of aryl methyl sites for hydroxylation is 1. The number of carbonyl (C=O) groups excluding carboxylic acids is 1. The number of benzene rings is 1. The molecular weight excluding hydrogens is 356 g/mol. The summed E-state index contributed by atoms with van der Waals surface area (Å²) in [5.74, 6) is -0.353. The molecule has 0 spiro atoms. The molecule has 1 amide bonds. The van der Waals surface area contributed by atoms with Crippen molar-refractivity contribution in [3.63, 3.8) is 0 Å². The number of aromatic nitrogens is 2. The largest absolute Gasteiger partial charge is 0.330 e. The number of H-pyrrole nitrogens is 1. The average molecular weight is 384 g/mol. The zero-order valence-corrected chi connectivity index (χ0v) is 17.2. The predicted molar refractivity (Wildman–Crippen MR) is 108 cm³/mol. The van der Waals surface area contributed by atoms with Crippen molar-refractivity contribution in [1.82, 2.24) is 19.4 Å². The Morgan fingerprint density at radius 2 is 1.68 bits per heavy atom. The van der Waals surface area contributed by atoms with Gasteiger partial charge in [0.2, 0.25) is 0 Å². The van der Waals surface area contributed by atoms with E-state index in [4.69, 9.17) is 0 Å². The molecule has 7 heteroatoms. The molecule has 1 N–H and O–H groups in total. The molecule has 1 aromatic heterocycles. The van der Waals surface area contributed by atoms with E-state index in [1.807, 2.05) is 32.0 Å². The molecule has 0 radical (unpaired) electrons. The number of nitrogens with zero attached hydrogens (tertiary/aromatic N) is 3. The first-order chi connectivity index (χ1) is 13.0. The monoisotopic (exact) mass is 384 g/mol. The molecule has 2 aromatic rings. The summed E-state index contributed by atoms with van der Waals surface area (Å²) >= 11 is 0. The Bertz CT molecular complexity index is 989. The van der Waals surface area contributed by atoms with Crippen molar-refractivity contribution in [2.24, 2.45) is 7.05 Å². The van der Waals surface area contributed by atoms with E-state index in [1.54, 1.807) is 4.90 Å². The van der Waals surface area contributed by atoms with Crippen LogP contribution in [-0.4, -0.2) is 49.4 Å². The minimum Gasteiger partial charge on any atom is -0.330 e. The standard InChI is InChI=1S/C21H28N4O3/c1-20(2)14-25(18(27)16-12-23(5)19(28)22-17(16)26)21(3,4)13-24(20)11-15-9-7-6-8-10-15/h6-10,12H,11,13-14H2,1-5H3,(H,22,26,28). The van der Waals surface area contributed by atoms with E-state index < -0.39 is 16.8 Å². The van der Waals surface area contributed by atoms with E-state index in [9.17, 15) is 14.4 Å². The fourth-order valence-electron chi connectivity index (χ4n) is 3.75. The minimum atomic E-state index is -0.645. The Morgan fingerprint density at radius 1 is 1.04 bits per heavy atom. The van der Waals surface area contributed by atoms with Crippen molar-refractivity contribution in [1.29, 1.82) is 0 Å². The topological polar surface area (TPSA) is 78.4 Å². The maximum Gasteiger partial charge on any atom is 0.328 e. The molecule has 1 fully saturated rings. The second kappa shape index (κ2) is 7.05. The van der Waals surface area contributed by atoms with Crippen LogP contribution < -0.4 is 11.2 Å². The Morgan fingerprint density at radius 3 is 2.32 bits per heavy atom. The summed E-state index contributed by atoms with van der Waals surface area (Å²) in [5.41, 5.74) is -0.706. The summed E-state index contributed by atoms with van der Waals surface area (Å²) in [7, 11) is 1.52. The highest BCUT2D eigenvalue weighted by Gasteiger charge is 2.45. The number of aromatic amines is 1. The Labute approximate surface area is 164 Å². The molecule has 0 bridgehead atoms. The number of nitrogens with one attached hydrogen (secondary N) is 1. The molecular formula is C21H28N4O3. The molecule has 0 saturated carbocycles. The minimum absolute atomic E-state index is 0.0116. The SMILES string of the molecule is Cn1cc(C(=O)N2CC(C)(C)N(Cc3ccccc3)CC2(C)C)c(=O)[nH]c1=O. The lowest BCUT2D eigenvalue weighted by atomic mass is 9.88. The molecule has 1 aliphatic rings. The number of carbonyl (C=O) groups is 1. The number of amides is 1. The number of piperazine rings is 1. The van der Waals surface area contributed by atoms with Gasteiger partial charge in [-0.3, -0.25) is 19.5 Å². The van der Waals surface area contributed by atoms with Crippen LogP contribution in [0.2, 0.25) is 0 Å². The van der Waals surface area contributed by atoms with Crippen LogP contribution in [0, 0.1) is 0 Å². The second-order valence-electron chi connectivity index (χ2n) is 8.77. The molecule has 150 valence electrons. The summed E-state index contributed by atoms with van der Waals surface area (Å²) in [6, 6.07) is 10.3. The van der Waals surface area contributed by atoms with Gasteiger partial charge in [0.1, 0.15) is 5.56 Å². The summed E-state index contributed by atoms with van der Waals surface area (Å²) in [6.45, 7) is 10.2. The molecule has 28 heavy (non-hydrogen) atoms. The van der Waals surface area contributed by atoms with Gasteiger partial charge in [-0.1, -0.05) is 30.3 Å². The van der Waals surface area contributed by atoms with E-state index in [2.05, 4.69) is 35.9 Å². The third-order valence-electron chi connectivity index (χ3n) is 5.51. The van der Waals surface area contributed by atoms with Crippen LogP contribution in [0.4, 0.5) is 0 Å². The molecule has 1 saturated heterocycles. The fraction of sp³-hybridized carbons (Fsp3) is 0.476. The van der Waals surface area contributed by atoms with Gasteiger partial charge in [0.05, 0.1) is 5.54 Å². The molecule has 7 nitrogen and oxygen atoms in total. The lowest BCUT2D eigenvalue weighted by Crippen LogP contribution is -2.68. The summed E-state index contributed by atoms with van der Waals surface area (Å²) in [4.78, 5) is 43.4. The Kier molecular flexibility index (Phi) is 5.06. The average Bonchev–Trinajstić information content (AvgIpc) is 2.61. The lowest BCUT2D eigenvalue weighted by Gasteiger charge is -2.55. The van der Waals surface area contributed by atoms with Gasteiger partial charge in [0.25, 0.3) is 11.5 Å². The third kappa shape index (κ3) is 3.80. The van der Waals surface area contributed by atoms with Crippen LogP contribution in [0.3, 0.4) is 0 Å². The predicted octanol–water partition coefficient (Wildman–Crippen LogP) is 1.59. The highest BCUT2D eigenvalue weighted by atomic mass is 16.2. The van der Waals surface area contributed by atoms with Crippen LogP contribution >= 0.6 is 0 Å². The van der Waals surface area contributed by atoms with Crippen molar-refractivity contribution in [3.05, 3.63) is 68.5 Å². The first kappa shape index (κ1) is 20.1. The zero-order chi connectivity index (χ0) is 20.7. The summed E-state index contributed by atoms with van der Waals surface area (Å²) in [5, 5.41) is 0. The number of hydrogen-bond donors (Lipinski definition) is 1. The van der Waals surface area contributed by atoms with E-state index in [1.165, 1.54) is 23.4 Å². The molecule has 0 unspecified atom stereocenters. The second-order valence-corrected chi connectivity index (χ2v) is 8.77. The maximum absolute atomic E-state index is 13.2. The smallest absolute Gasteiger partial charge is 0.328 e. The number of hydrogen-bond acceptors (Lipinski definition) is 4. The number of rotatable bonds is 3. The first-order valence-electron chi connectivity index (χ1n) is 9.42. The molecule has 1 aromatic carbocycles. The molecule has 3 rings (SSSR count). The third-order valence-corrected chi connectivity index (χ3v) is 5.51. The van der Waals surface area contributed by atoms with E-state index in [0.29, 0.717) is 13.1 Å². The lowest BCUT2D eigenvalue weighted by molar-refractivity contribution is -0.0455. The summed E-state index contributed by atoms with van der Waals surface area (Å²) < 4.78 is 1.22. The zero-order valence-electron chi connectivity index (χ0n) is 17.2. The molecule has 2 heterocycles. The van der Waals surface area contributed by atoms with Gasteiger partial charge in [-0.15, -0.1) is 0 Å². The van der Waals surface area contributed by atoms with E-state index in [-0.39, 0.29) is 17.0 Å². The van der Waals surface area contributed by atoms with Gasteiger partial charge in [0.15, 0.2) is 0 Å². The van der Waals surface area contributed by atoms with Gasteiger partial charge in [-0.25, -0.2) is 4.79 Å². The van der Waals surface area contributed by atoms with Crippen LogP contribution in [-0.2, 0) is 13.6 Å². The Hall–Kier alpha value is -2.67. The quantitative estimate of drug-likeness (QED) is 0.872. The Balaban J connectivity index is 1.90. The van der Waals surface area contributed by atoms with Crippen molar-refractivity contribution in [2.45, 2.75) is 45.3 Å².